The van der Waals surface area contributed by atoms with Crippen molar-refractivity contribution in [1.82, 2.24) is 14.7 Å². The predicted octanol–water partition coefficient (Wildman–Crippen LogP) is 2.48. The number of aromatic nitrogens is 2. The molecular weight excluding hydrogens is 334 g/mol. The minimum absolute atomic E-state index is 0.1000. The molecule has 0 spiro atoms. The van der Waals surface area contributed by atoms with E-state index in [4.69, 9.17) is 4.74 Å². The summed E-state index contributed by atoms with van der Waals surface area (Å²) in [5.74, 6) is 0.1000. The van der Waals surface area contributed by atoms with Crippen LogP contribution < -0.4 is 0 Å². The fraction of sp³-hybridized carbons (Fsp3) is 0.733. The first kappa shape index (κ1) is 16.5. The average molecular weight is 358 g/mol. The molecule has 0 bridgehead atoms. The molecule has 1 saturated heterocycles. The van der Waals surface area contributed by atoms with Gasteiger partial charge in [0.2, 0.25) is 0 Å². The summed E-state index contributed by atoms with van der Waals surface area (Å²) in [4.78, 5) is 14.6. The lowest BCUT2D eigenvalue weighted by Gasteiger charge is -2.31. The van der Waals surface area contributed by atoms with E-state index in [1.165, 1.54) is 0 Å². The minimum atomic E-state index is 0.1000. The van der Waals surface area contributed by atoms with Crippen LogP contribution in [-0.4, -0.2) is 51.7 Å². The second kappa shape index (κ2) is 7.94. The molecule has 0 aromatic carbocycles. The van der Waals surface area contributed by atoms with Crippen molar-refractivity contribution in [2.24, 2.45) is 0 Å². The van der Waals surface area contributed by atoms with Crippen LogP contribution in [0.3, 0.4) is 0 Å². The second-order valence-corrected chi connectivity index (χ2v) is 6.03. The predicted molar refractivity (Wildman–Crippen MR) is 86.0 cm³/mol. The maximum absolute atomic E-state index is 12.6. The monoisotopic (exact) mass is 357 g/mol. The van der Waals surface area contributed by atoms with Crippen LogP contribution in [0.1, 0.15) is 42.9 Å². The van der Waals surface area contributed by atoms with Crippen LogP contribution in [-0.2, 0) is 17.7 Å². The van der Waals surface area contributed by atoms with Crippen molar-refractivity contribution in [2.75, 3.05) is 25.0 Å². The Bertz CT molecular complexity index is 467. The molecule has 0 atom stereocenters. The van der Waals surface area contributed by atoms with Gasteiger partial charge in [-0.3, -0.25) is 9.48 Å². The third kappa shape index (κ3) is 4.07. The van der Waals surface area contributed by atoms with E-state index >= 15 is 0 Å². The van der Waals surface area contributed by atoms with Gasteiger partial charge in [0.1, 0.15) is 5.69 Å². The zero-order valence-electron chi connectivity index (χ0n) is 12.8. The number of likely N-dealkylation sites (tertiary alicyclic amines) is 1. The van der Waals surface area contributed by atoms with Gasteiger partial charge in [-0.15, -0.1) is 0 Å². The van der Waals surface area contributed by atoms with Crippen molar-refractivity contribution in [1.29, 1.82) is 0 Å². The number of rotatable bonds is 6. The topological polar surface area (TPSA) is 47.4 Å². The zero-order chi connectivity index (χ0) is 15.2. The highest BCUT2D eigenvalue weighted by molar-refractivity contribution is 9.09. The normalized spacial score (nSPS) is 16.4. The number of carbonyl (C=O) groups excluding carboxylic acids is 1. The lowest BCUT2D eigenvalue weighted by molar-refractivity contribution is 0.0156. The van der Waals surface area contributed by atoms with E-state index in [0.29, 0.717) is 5.69 Å². The van der Waals surface area contributed by atoms with E-state index in [2.05, 4.69) is 28.0 Å². The number of piperidine rings is 1. The summed E-state index contributed by atoms with van der Waals surface area (Å²) in [6.07, 6.45) is 2.98. The lowest BCUT2D eigenvalue weighted by atomic mass is 10.1. The Morgan fingerprint density at radius 3 is 2.71 bits per heavy atom. The molecule has 1 fully saturated rings. The smallest absolute Gasteiger partial charge is 0.272 e. The number of nitrogens with zero attached hydrogens (tertiary/aromatic N) is 3. The van der Waals surface area contributed by atoms with E-state index in [-0.39, 0.29) is 12.0 Å². The Morgan fingerprint density at radius 1 is 1.43 bits per heavy atom. The van der Waals surface area contributed by atoms with Crippen LogP contribution in [0.15, 0.2) is 6.07 Å². The summed E-state index contributed by atoms with van der Waals surface area (Å²) in [6, 6.07) is 1.93. The van der Waals surface area contributed by atoms with Gasteiger partial charge in [-0.1, -0.05) is 22.9 Å². The Labute approximate surface area is 134 Å². The third-order valence-corrected chi connectivity index (χ3v) is 4.20. The summed E-state index contributed by atoms with van der Waals surface area (Å²) in [5, 5.41) is 5.32. The Morgan fingerprint density at radius 2 is 2.14 bits per heavy atom. The zero-order valence-corrected chi connectivity index (χ0v) is 14.4. The SMILES string of the molecule is CCc1cc(C(=O)N2CCC(OCCBr)CC2)n(CC)n1. The van der Waals surface area contributed by atoms with Gasteiger partial charge in [-0.2, -0.15) is 5.10 Å². The molecule has 0 unspecified atom stereocenters. The van der Waals surface area contributed by atoms with Crippen molar-refractivity contribution >= 4 is 21.8 Å². The van der Waals surface area contributed by atoms with Crippen molar-refractivity contribution in [3.63, 3.8) is 0 Å². The first-order chi connectivity index (χ1) is 10.2. The fourth-order valence-corrected chi connectivity index (χ4v) is 2.84. The van der Waals surface area contributed by atoms with E-state index in [9.17, 15) is 4.79 Å². The molecule has 118 valence electrons. The molecule has 1 aliphatic rings. The molecule has 0 aliphatic carbocycles. The largest absolute Gasteiger partial charge is 0.377 e. The highest BCUT2D eigenvalue weighted by Gasteiger charge is 2.26. The fourth-order valence-electron chi connectivity index (χ4n) is 2.65. The number of alkyl halides is 1. The van der Waals surface area contributed by atoms with Crippen LogP contribution in [0.2, 0.25) is 0 Å². The number of hydrogen-bond acceptors (Lipinski definition) is 3. The lowest BCUT2D eigenvalue weighted by Crippen LogP contribution is -2.41. The van der Waals surface area contributed by atoms with Crippen LogP contribution in [0.4, 0.5) is 0 Å². The molecule has 2 rings (SSSR count). The molecule has 0 N–H and O–H groups in total. The molecule has 2 heterocycles. The summed E-state index contributed by atoms with van der Waals surface area (Å²) >= 11 is 3.37. The van der Waals surface area contributed by atoms with E-state index < -0.39 is 0 Å². The molecule has 1 amide bonds. The van der Waals surface area contributed by atoms with Gasteiger partial charge in [0.15, 0.2) is 0 Å². The highest BCUT2D eigenvalue weighted by Crippen LogP contribution is 2.17. The van der Waals surface area contributed by atoms with Crippen LogP contribution in [0.25, 0.3) is 0 Å². The Balaban J connectivity index is 1.97. The van der Waals surface area contributed by atoms with Gasteiger partial charge in [0.05, 0.1) is 18.4 Å². The maximum Gasteiger partial charge on any atom is 0.272 e. The van der Waals surface area contributed by atoms with Gasteiger partial charge >= 0.3 is 0 Å². The molecule has 1 aromatic heterocycles. The van der Waals surface area contributed by atoms with Crippen molar-refractivity contribution in [2.45, 2.75) is 45.8 Å². The number of amides is 1. The summed E-state index contributed by atoms with van der Waals surface area (Å²) < 4.78 is 7.54. The van der Waals surface area contributed by atoms with Gasteiger partial charge in [-0.05, 0) is 32.3 Å². The highest BCUT2D eigenvalue weighted by atomic mass is 79.9. The first-order valence-corrected chi connectivity index (χ1v) is 8.85. The molecular formula is C15H24BrN3O2. The Kier molecular flexibility index (Phi) is 6.23. The molecule has 6 heteroatoms. The van der Waals surface area contributed by atoms with Gasteiger partial charge in [-0.25, -0.2) is 0 Å². The third-order valence-electron chi connectivity index (χ3n) is 3.87. The molecule has 1 aliphatic heterocycles. The molecule has 5 nitrogen and oxygen atoms in total. The van der Waals surface area contributed by atoms with E-state index in [0.717, 1.165) is 56.5 Å². The second-order valence-electron chi connectivity index (χ2n) is 5.24. The van der Waals surface area contributed by atoms with Crippen molar-refractivity contribution < 1.29 is 9.53 Å². The minimum Gasteiger partial charge on any atom is -0.377 e. The van der Waals surface area contributed by atoms with Crippen molar-refractivity contribution in [3.8, 4) is 0 Å². The van der Waals surface area contributed by atoms with Crippen LogP contribution >= 0.6 is 15.9 Å². The maximum atomic E-state index is 12.6. The van der Waals surface area contributed by atoms with E-state index in [1.807, 2.05) is 22.6 Å². The quantitative estimate of drug-likeness (QED) is 0.734. The van der Waals surface area contributed by atoms with Gasteiger partial charge in [0.25, 0.3) is 5.91 Å². The number of aryl methyl sites for hydroxylation is 2. The van der Waals surface area contributed by atoms with Crippen LogP contribution in [0.5, 0.6) is 0 Å². The van der Waals surface area contributed by atoms with Gasteiger partial charge in [0, 0.05) is 25.0 Å². The van der Waals surface area contributed by atoms with Gasteiger partial charge < -0.3 is 9.64 Å². The molecule has 1 aromatic rings. The number of ether oxygens (including phenoxy) is 1. The molecule has 21 heavy (non-hydrogen) atoms. The standard InChI is InChI=1S/C15H24BrN3O2/c1-3-12-11-14(19(4-2)17-12)15(20)18-8-5-13(6-9-18)21-10-7-16/h11,13H,3-10H2,1-2H3. The summed E-state index contributed by atoms with van der Waals surface area (Å²) in [5.41, 5.74) is 1.70. The number of carbonyl (C=O) groups is 1. The van der Waals surface area contributed by atoms with Crippen LogP contribution in [0, 0.1) is 0 Å². The first-order valence-electron chi connectivity index (χ1n) is 7.73. The number of hydrogen-bond donors (Lipinski definition) is 0. The number of halogens is 1. The molecule has 0 saturated carbocycles. The van der Waals surface area contributed by atoms with Crippen molar-refractivity contribution in [3.05, 3.63) is 17.5 Å². The van der Waals surface area contributed by atoms with E-state index in [1.54, 1.807) is 0 Å². The average Bonchev–Trinajstić information content (AvgIpc) is 2.96. The summed E-state index contributed by atoms with van der Waals surface area (Å²) in [6.45, 7) is 7.07. The Hall–Kier alpha value is -0.880. The summed E-state index contributed by atoms with van der Waals surface area (Å²) in [7, 11) is 0. The molecule has 0 radical (unpaired) electrons.